The maximum atomic E-state index is 12.0. The molecule has 0 aromatic rings. The minimum Gasteiger partial charge on any atom is -0.444 e. The van der Waals surface area contributed by atoms with Crippen molar-refractivity contribution in [2.24, 2.45) is 4.99 Å². The number of alkyl carbamates (subject to hydrolysis) is 1. The molecule has 1 aliphatic heterocycles. The molecule has 138 valence electrons. The predicted molar refractivity (Wildman–Crippen MR) is 94.0 cm³/mol. The highest BCUT2D eigenvalue weighted by atomic mass is 16.6. The van der Waals surface area contributed by atoms with Crippen molar-refractivity contribution in [2.45, 2.75) is 46.1 Å². The van der Waals surface area contributed by atoms with Gasteiger partial charge in [0.2, 0.25) is 5.91 Å². The molecule has 0 radical (unpaired) electrons. The molecule has 0 atom stereocenters. The fourth-order valence-electron chi connectivity index (χ4n) is 2.21. The SMILES string of the molecule is CCNC(=NCC(=O)N1CCCC1)NCCNC(=O)OC(C)(C)C. The molecule has 8 nitrogen and oxygen atoms in total. The van der Waals surface area contributed by atoms with Gasteiger partial charge in [-0.2, -0.15) is 0 Å². The lowest BCUT2D eigenvalue weighted by Gasteiger charge is -2.20. The van der Waals surface area contributed by atoms with Crippen LogP contribution in [0.1, 0.15) is 40.5 Å². The van der Waals surface area contributed by atoms with Crippen LogP contribution in [0.2, 0.25) is 0 Å². The first-order valence-corrected chi connectivity index (χ1v) is 8.58. The van der Waals surface area contributed by atoms with Crippen molar-refractivity contribution in [1.29, 1.82) is 0 Å². The summed E-state index contributed by atoms with van der Waals surface area (Å²) in [6.45, 7) is 10.8. The Kier molecular flexibility index (Phi) is 8.35. The fourth-order valence-corrected chi connectivity index (χ4v) is 2.21. The van der Waals surface area contributed by atoms with Gasteiger partial charge in [-0.1, -0.05) is 0 Å². The topological polar surface area (TPSA) is 95.1 Å². The lowest BCUT2D eigenvalue weighted by molar-refractivity contribution is -0.128. The number of ether oxygens (including phenoxy) is 1. The summed E-state index contributed by atoms with van der Waals surface area (Å²) in [5.74, 6) is 0.618. The number of hydrogen-bond donors (Lipinski definition) is 3. The monoisotopic (exact) mass is 341 g/mol. The van der Waals surface area contributed by atoms with Crippen LogP contribution in [0.5, 0.6) is 0 Å². The Morgan fingerprint density at radius 1 is 1.08 bits per heavy atom. The summed E-state index contributed by atoms with van der Waals surface area (Å²) in [7, 11) is 0. The smallest absolute Gasteiger partial charge is 0.407 e. The minimum absolute atomic E-state index is 0.0524. The van der Waals surface area contributed by atoms with Gasteiger partial charge in [0.05, 0.1) is 0 Å². The van der Waals surface area contributed by atoms with Crippen LogP contribution in [0, 0.1) is 0 Å². The van der Waals surface area contributed by atoms with Crippen molar-refractivity contribution in [3.05, 3.63) is 0 Å². The van der Waals surface area contributed by atoms with E-state index in [0.29, 0.717) is 25.6 Å². The zero-order valence-corrected chi connectivity index (χ0v) is 15.3. The highest BCUT2D eigenvalue weighted by Gasteiger charge is 2.17. The molecule has 8 heteroatoms. The molecule has 1 fully saturated rings. The number of aliphatic imine (C=N–C) groups is 1. The number of hydrogen-bond acceptors (Lipinski definition) is 4. The number of likely N-dealkylation sites (tertiary alicyclic amines) is 1. The first-order chi connectivity index (χ1) is 11.3. The summed E-state index contributed by atoms with van der Waals surface area (Å²) >= 11 is 0. The van der Waals surface area contributed by atoms with Crippen LogP contribution < -0.4 is 16.0 Å². The standard InChI is InChI=1S/C16H31N5O3/c1-5-17-14(20-12-13(22)21-10-6-7-11-21)18-8-9-19-15(23)24-16(2,3)4/h5-12H2,1-4H3,(H,19,23)(H2,17,18,20). The molecule has 1 heterocycles. The van der Waals surface area contributed by atoms with Gasteiger partial charge in [0.1, 0.15) is 12.1 Å². The number of carbonyl (C=O) groups is 2. The highest BCUT2D eigenvalue weighted by molar-refractivity contribution is 5.85. The van der Waals surface area contributed by atoms with Crippen LogP contribution in [0.4, 0.5) is 4.79 Å². The molecule has 1 rings (SSSR count). The van der Waals surface area contributed by atoms with E-state index in [1.54, 1.807) is 0 Å². The molecule has 0 bridgehead atoms. The Bertz CT molecular complexity index is 439. The Morgan fingerprint density at radius 2 is 1.71 bits per heavy atom. The van der Waals surface area contributed by atoms with E-state index in [1.165, 1.54) is 0 Å². The van der Waals surface area contributed by atoms with Crippen molar-refractivity contribution in [3.8, 4) is 0 Å². The van der Waals surface area contributed by atoms with Crippen LogP contribution in [0.25, 0.3) is 0 Å². The summed E-state index contributed by atoms with van der Waals surface area (Å²) in [5.41, 5.74) is -0.510. The van der Waals surface area contributed by atoms with Gasteiger partial charge < -0.3 is 25.6 Å². The van der Waals surface area contributed by atoms with Crippen LogP contribution in [0.15, 0.2) is 4.99 Å². The summed E-state index contributed by atoms with van der Waals surface area (Å²) in [6.07, 6.45) is 1.70. The lowest BCUT2D eigenvalue weighted by Crippen LogP contribution is -2.43. The van der Waals surface area contributed by atoms with E-state index >= 15 is 0 Å². The maximum absolute atomic E-state index is 12.0. The number of nitrogens with zero attached hydrogens (tertiary/aromatic N) is 2. The third-order valence-electron chi connectivity index (χ3n) is 3.26. The third kappa shape index (κ3) is 8.59. The van der Waals surface area contributed by atoms with Crippen LogP contribution in [-0.2, 0) is 9.53 Å². The van der Waals surface area contributed by atoms with E-state index in [1.807, 2.05) is 32.6 Å². The number of amides is 2. The van der Waals surface area contributed by atoms with Crippen LogP contribution >= 0.6 is 0 Å². The minimum atomic E-state index is -0.510. The van der Waals surface area contributed by atoms with Gasteiger partial charge in [-0.3, -0.25) is 4.79 Å². The molecule has 0 aromatic heterocycles. The number of guanidine groups is 1. The Hall–Kier alpha value is -1.99. The van der Waals surface area contributed by atoms with E-state index in [0.717, 1.165) is 25.9 Å². The highest BCUT2D eigenvalue weighted by Crippen LogP contribution is 2.07. The Labute approximate surface area is 144 Å². The van der Waals surface area contributed by atoms with Crippen LogP contribution in [-0.4, -0.2) is 67.7 Å². The van der Waals surface area contributed by atoms with Crippen molar-refractivity contribution in [1.82, 2.24) is 20.9 Å². The van der Waals surface area contributed by atoms with Crippen LogP contribution in [0.3, 0.4) is 0 Å². The maximum Gasteiger partial charge on any atom is 0.407 e. The quantitative estimate of drug-likeness (QED) is 0.375. The summed E-state index contributed by atoms with van der Waals surface area (Å²) in [4.78, 5) is 29.7. The van der Waals surface area contributed by atoms with Crippen molar-refractivity contribution in [3.63, 3.8) is 0 Å². The largest absolute Gasteiger partial charge is 0.444 e. The number of rotatable bonds is 6. The number of nitrogens with one attached hydrogen (secondary N) is 3. The normalized spacial score (nSPS) is 15.2. The second kappa shape index (κ2) is 10.00. The Morgan fingerprint density at radius 3 is 2.29 bits per heavy atom. The predicted octanol–water partition coefficient (Wildman–Crippen LogP) is 0.689. The second-order valence-electron chi connectivity index (χ2n) is 6.64. The van der Waals surface area contributed by atoms with E-state index in [4.69, 9.17) is 4.74 Å². The van der Waals surface area contributed by atoms with Gasteiger partial charge in [0.15, 0.2) is 5.96 Å². The van der Waals surface area contributed by atoms with Gasteiger partial charge in [-0.15, -0.1) is 0 Å². The molecule has 2 amide bonds. The van der Waals surface area contributed by atoms with E-state index in [-0.39, 0.29) is 12.5 Å². The molecule has 0 aliphatic carbocycles. The van der Waals surface area contributed by atoms with Gasteiger partial charge in [0, 0.05) is 32.7 Å². The fraction of sp³-hybridized carbons (Fsp3) is 0.812. The van der Waals surface area contributed by atoms with Gasteiger partial charge in [0.25, 0.3) is 0 Å². The summed E-state index contributed by atoms with van der Waals surface area (Å²) in [5, 5.41) is 8.83. The molecule has 0 unspecified atom stereocenters. The molecule has 24 heavy (non-hydrogen) atoms. The van der Waals surface area contributed by atoms with Crippen molar-refractivity contribution >= 4 is 18.0 Å². The molecule has 1 aliphatic rings. The van der Waals surface area contributed by atoms with Gasteiger partial charge in [-0.25, -0.2) is 9.79 Å². The molecule has 0 saturated carbocycles. The summed E-state index contributed by atoms with van der Waals surface area (Å²) in [6, 6.07) is 0. The second-order valence-corrected chi connectivity index (χ2v) is 6.64. The zero-order valence-electron chi connectivity index (χ0n) is 15.3. The lowest BCUT2D eigenvalue weighted by atomic mass is 10.2. The van der Waals surface area contributed by atoms with Crippen molar-refractivity contribution < 1.29 is 14.3 Å². The zero-order chi connectivity index (χ0) is 18.0. The average molecular weight is 341 g/mol. The van der Waals surface area contributed by atoms with E-state index in [2.05, 4.69) is 20.9 Å². The van der Waals surface area contributed by atoms with Crippen molar-refractivity contribution in [2.75, 3.05) is 39.3 Å². The number of carbonyl (C=O) groups excluding carboxylic acids is 2. The molecule has 3 N–H and O–H groups in total. The molecule has 0 aromatic carbocycles. The third-order valence-corrected chi connectivity index (χ3v) is 3.26. The Balaban J connectivity index is 2.30. The van der Waals surface area contributed by atoms with Gasteiger partial charge >= 0.3 is 6.09 Å². The van der Waals surface area contributed by atoms with Gasteiger partial charge in [-0.05, 0) is 40.5 Å². The molecule has 1 saturated heterocycles. The molecular weight excluding hydrogens is 310 g/mol. The van der Waals surface area contributed by atoms with E-state index in [9.17, 15) is 9.59 Å². The first kappa shape index (κ1) is 20.1. The summed E-state index contributed by atoms with van der Waals surface area (Å²) < 4.78 is 5.15. The van der Waals surface area contributed by atoms with E-state index < -0.39 is 11.7 Å². The molecule has 0 spiro atoms. The first-order valence-electron chi connectivity index (χ1n) is 8.58. The average Bonchev–Trinajstić information content (AvgIpc) is 3.01. The molecular formula is C16H31N5O3.